The maximum atomic E-state index is 12.3. The third-order valence-corrected chi connectivity index (χ3v) is 5.25. The Hall–Kier alpha value is -2.33. The number of nitrogens with zero attached hydrogens (tertiary/aromatic N) is 2. The Labute approximate surface area is 156 Å². The summed E-state index contributed by atoms with van der Waals surface area (Å²) in [6.45, 7) is 1.84. The summed E-state index contributed by atoms with van der Waals surface area (Å²) in [4.78, 5) is 25.6. The molecule has 2 aromatic heterocycles. The molecule has 0 spiro atoms. The van der Waals surface area contributed by atoms with E-state index >= 15 is 0 Å². The summed E-state index contributed by atoms with van der Waals surface area (Å²) in [6, 6.07) is 6.61. The van der Waals surface area contributed by atoms with Crippen molar-refractivity contribution < 1.29 is 32.3 Å². The molecule has 1 N–H and O–H groups in total. The number of anilines is 1. The minimum Gasteiger partial charge on any atom is -0.475 e. The number of carboxylic acid groups (broad SMARTS) is 1. The molecule has 6 nitrogen and oxygen atoms in total. The van der Waals surface area contributed by atoms with Gasteiger partial charge in [0.15, 0.2) is 0 Å². The number of hydrogen-bond acceptors (Lipinski definition) is 5. The van der Waals surface area contributed by atoms with Crippen LogP contribution < -0.4 is 4.90 Å². The quantitative estimate of drug-likeness (QED) is 0.852. The van der Waals surface area contributed by atoms with Crippen molar-refractivity contribution in [2.45, 2.75) is 37.6 Å². The van der Waals surface area contributed by atoms with E-state index in [2.05, 4.69) is 10.3 Å². The molecule has 10 heteroatoms. The van der Waals surface area contributed by atoms with Crippen LogP contribution in [-0.4, -0.2) is 46.7 Å². The van der Waals surface area contributed by atoms with E-state index in [9.17, 15) is 18.0 Å². The lowest BCUT2D eigenvalue weighted by atomic mass is 10.1. The van der Waals surface area contributed by atoms with Crippen molar-refractivity contribution in [3.8, 4) is 0 Å². The Morgan fingerprint density at radius 3 is 2.63 bits per heavy atom. The molecule has 2 aliphatic rings. The number of thiophene rings is 1. The van der Waals surface area contributed by atoms with Crippen LogP contribution in [0, 0.1) is 0 Å². The van der Waals surface area contributed by atoms with Crippen molar-refractivity contribution in [3.05, 3.63) is 41.0 Å². The molecule has 4 heterocycles. The third kappa shape index (κ3) is 4.33. The number of fused-ring (bicyclic) bond motifs is 1. The highest BCUT2D eigenvalue weighted by Gasteiger charge is 2.47. The van der Waals surface area contributed by atoms with Gasteiger partial charge in [0.25, 0.3) is 0 Å². The molecule has 146 valence electrons. The van der Waals surface area contributed by atoms with Crippen LogP contribution >= 0.6 is 11.3 Å². The number of amides is 1. The van der Waals surface area contributed by atoms with E-state index in [1.807, 2.05) is 28.5 Å². The molecule has 2 saturated heterocycles. The number of carbonyl (C=O) groups is 2. The predicted molar refractivity (Wildman–Crippen MR) is 91.4 cm³/mol. The van der Waals surface area contributed by atoms with Gasteiger partial charge in [-0.3, -0.25) is 9.69 Å². The van der Waals surface area contributed by atoms with E-state index in [4.69, 9.17) is 14.3 Å². The maximum absolute atomic E-state index is 12.3. The fraction of sp³-hybridized carbons (Fsp3) is 0.412. The van der Waals surface area contributed by atoms with Crippen molar-refractivity contribution in [1.29, 1.82) is 0 Å². The molecule has 0 aromatic carbocycles. The number of furan rings is 1. The number of halogens is 3. The smallest absolute Gasteiger partial charge is 0.475 e. The lowest BCUT2D eigenvalue weighted by molar-refractivity contribution is -0.192. The van der Waals surface area contributed by atoms with Crippen LogP contribution in [0.3, 0.4) is 0 Å². The lowest BCUT2D eigenvalue weighted by Crippen LogP contribution is -2.36. The number of hydrogen-bond donors (Lipinski definition) is 1. The highest BCUT2D eigenvalue weighted by atomic mass is 32.1. The van der Waals surface area contributed by atoms with E-state index < -0.39 is 12.1 Å². The van der Waals surface area contributed by atoms with E-state index in [1.54, 1.807) is 17.6 Å². The topological polar surface area (TPSA) is 74.0 Å². The lowest BCUT2D eigenvalue weighted by Gasteiger charge is -2.24. The van der Waals surface area contributed by atoms with Gasteiger partial charge in [0.1, 0.15) is 5.76 Å². The minimum atomic E-state index is -5.08. The molecule has 2 aliphatic heterocycles. The molecule has 0 radical (unpaired) electrons. The minimum absolute atomic E-state index is 0.252. The summed E-state index contributed by atoms with van der Waals surface area (Å²) in [7, 11) is 0. The number of aliphatic carboxylic acids is 1. The number of carboxylic acids is 1. The van der Waals surface area contributed by atoms with Gasteiger partial charge in [0.05, 0.1) is 24.5 Å². The Kier molecular flexibility index (Phi) is 5.56. The van der Waals surface area contributed by atoms with Gasteiger partial charge in [0, 0.05) is 24.4 Å². The zero-order chi connectivity index (χ0) is 19.6. The summed E-state index contributed by atoms with van der Waals surface area (Å²) in [5.74, 6) is -1.53. The van der Waals surface area contributed by atoms with E-state index in [1.165, 1.54) is 0 Å². The zero-order valence-electron chi connectivity index (χ0n) is 14.1. The fourth-order valence-electron chi connectivity index (χ4n) is 3.46. The summed E-state index contributed by atoms with van der Waals surface area (Å²) < 4.78 is 37.2. The number of likely N-dealkylation sites (tertiary alicyclic amines) is 1. The number of carbonyl (C=O) groups excluding carboxylic acids is 1. The van der Waals surface area contributed by atoms with Crippen LogP contribution in [0.2, 0.25) is 0 Å². The number of rotatable bonds is 3. The van der Waals surface area contributed by atoms with E-state index in [-0.39, 0.29) is 5.91 Å². The van der Waals surface area contributed by atoms with E-state index in [0.29, 0.717) is 18.5 Å². The SMILES string of the molecule is O=C(O)C(F)(F)F.O=C1C[C@@H]2[C@H](CCN2Cc2ccco2)N1c1ccsc1. The van der Waals surface area contributed by atoms with Gasteiger partial charge in [-0.05, 0) is 30.0 Å². The molecule has 0 aliphatic carbocycles. The Bertz CT molecular complexity index is 777. The standard InChI is InChI=1S/C15H16N2O2S.C2HF3O2/c18-15-8-14-13(17(15)11-4-7-20-10-11)3-5-16(14)9-12-2-1-6-19-12;3-2(4,5)1(6)7/h1-2,4,6-7,10,13-14H,3,5,8-9H2;(H,6,7)/t13-,14+;/m0./s1. The molecular weight excluding hydrogens is 385 g/mol. The zero-order valence-corrected chi connectivity index (χ0v) is 14.9. The molecule has 0 unspecified atom stereocenters. The molecule has 4 rings (SSSR count). The van der Waals surface area contributed by atoms with Crippen molar-refractivity contribution in [3.63, 3.8) is 0 Å². The highest BCUT2D eigenvalue weighted by molar-refractivity contribution is 7.08. The van der Waals surface area contributed by atoms with Crippen LogP contribution in [0.5, 0.6) is 0 Å². The van der Waals surface area contributed by atoms with Gasteiger partial charge in [-0.25, -0.2) is 4.79 Å². The Morgan fingerprint density at radius 2 is 2.07 bits per heavy atom. The van der Waals surface area contributed by atoms with Crippen molar-refractivity contribution in [2.75, 3.05) is 11.4 Å². The Morgan fingerprint density at radius 1 is 1.33 bits per heavy atom. The van der Waals surface area contributed by atoms with Gasteiger partial charge >= 0.3 is 12.1 Å². The van der Waals surface area contributed by atoms with Gasteiger partial charge in [-0.15, -0.1) is 0 Å². The molecule has 0 bridgehead atoms. The van der Waals surface area contributed by atoms with Crippen molar-refractivity contribution >= 4 is 28.9 Å². The monoisotopic (exact) mass is 402 g/mol. The van der Waals surface area contributed by atoms with Crippen LogP contribution in [-0.2, 0) is 16.1 Å². The van der Waals surface area contributed by atoms with Gasteiger partial charge in [-0.2, -0.15) is 24.5 Å². The summed E-state index contributed by atoms with van der Waals surface area (Å²) in [6.07, 6.45) is -1.70. The average Bonchev–Trinajstić information content (AvgIpc) is 3.34. The first-order valence-electron chi connectivity index (χ1n) is 8.18. The normalized spacial score (nSPS) is 22.5. The molecular formula is C17H17F3N2O4S. The molecule has 0 saturated carbocycles. The first-order valence-corrected chi connectivity index (χ1v) is 9.12. The van der Waals surface area contributed by atoms with Gasteiger partial charge < -0.3 is 14.4 Å². The second-order valence-corrected chi connectivity index (χ2v) is 7.01. The maximum Gasteiger partial charge on any atom is 0.490 e. The average molecular weight is 402 g/mol. The van der Waals surface area contributed by atoms with Crippen LogP contribution in [0.15, 0.2) is 39.6 Å². The first kappa shape index (κ1) is 19.4. The Balaban J connectivity index is 0.000000260. The molecule has 2 atom stereocenters. The van der Waals surface area contributed by atoms with Crippen LogP contribution in [0.25, 0.3) is 0 Å². The summed E-state index contributed by atoms with van der Waals surface area (Å²) in [5.41, 5.74) is 1.06. The van der Waals surface area contributed by atoms with Crippen LogP contribution in [0.4, 0.5) is 18.9 Å². The molecule has 2 aromatic rings. The molecule has 2 fully saturated rings. The van der Waals surface area contributed by atoms with Gasteiger partial charge in [0.2, 0.25) is 5.91 Å². The van der Waals surface area contributed by atoms with Crippen LogP contribution in [0.1, 0.15) is 18.6 Å². The highest BCUT2D eigenvalue weighted by Crippen LogP contribution is 2.37. The molecule has 1 amide bonds. The second-order valence-electron chi connectivity index (χ2n) is 6.23. The third-order valence-electron chi connectivity index (χ3n) is 4.58. The fourth-order valence-corrected chi connectivity index (χ4v) is 4.09. The predicted octanol–water partition coefficient (Wildman–Crippen LogP) is 3.35. The molecule has 27 heavy (non-hydrogen) atoms. The first-order chi connectivity index (χ1) is 12.8. The van der Waals surface area contributed by atoms with Gasteiger partial charge in [-0.1, -0.05) is 0 Å². The van der Waals surface area contributed by atoms with Crippen molar-refractivity contribution in [1.82, 2.24) is 4.90 Å². The summed E-state index contributed by atoms with van der Waals surface area (Å²) >= 11 is 1.64. The largest absolute Gasteiger partial charge is 0.490 e. The number of alkyl halides is 3. The van der Waals surface area contributed by atoms with Crippen molar-refractivity contribution in [2.24, 2.45) is 0 Å². The second kappa shape index (κ2) is 7.73. The summed E-state index contributed by atoms with van der Waals surface area (Å²) in [5, 5.41) is 11.2. The van der Waals surface area contributed by atoms with E-state index in [0.717, 1.165) is 31.0 Å².